The molecule has 1 atom stereocenters. The van der Waals surface area contributed by atoms with Gasteiger partial charge in [-0.05, 0) is 48.4 Å². The van der Waals surface area contributed by atoms with Gasteiger partial charge in [0.15, 0.2) is 0 Å². The maximum absolute atomic E-state index is 13.1. The molecule has 0 bridgehead atoms. The molecule has 10 heteroatoms. The topological polar surface area (TPSA) is 114 Å². The van der Waals surface area contributed by atoms with Gasteiger partial charge in [0.05, 0.1) is 24.8 Å². The van der Waals surface area contributed by atoms with Gasteiger partial charge in [0.2, 0.25) is 15.9 Å². The highest BCUT2D eigenvalue weighted by atomic mass is 32.2. The molecule has 0 saturated heterocycles. The Morgan fingerprint density at radius 2 is 1.59 bits per heavy atom. The zero-order valence-corrected chi connectivity index (χ0v) is 21.2. The Bertz CT molecular complexity index is 1100. The van der Waals surface area contributed by atoms with Crippen molar-refractivity contribution in [1.29, 1.82) is 0 Å². The minimum atomic E-state index is -3.74. The molecule has 2 aromatic carbocycles. The van der Waals surface area contributed by atoms with Crippen molar-refractivity contribution < 1.29 is 27.5 Å². The van der Waals surface area contributed by atoms with Gasteiger partial charge < -0.3 is 20.1 Å². The van der Waals surface area contributed by atoms with Gasteiger partial charge in [-0.3, -0.25) is 9.59 Å². The fraction of sp³-hybridized carbons (Fsp3) is 0.417. The zero-order chi connectivity index (χ0) is 25.5. The number of rotatable bonds is 11. The largest absolute Gasteiger partial charge is 0.497 e. The van der Waals surface area contributed by atoms with Crippen LogP contribution in [0.1, 0.15) is 38.1 Å². The second kappa shape index (κ2) is 11.8. The number of benzene rings is 2. The minimum Gasteiger partial charge on any atom is -0.497 e. The Balaban J connectivity index is 2.30. The molecule has 0 radical (unpaired) electrons. The molecule has 0 aromatic heterocycles. The van der Waals surface area contributed by atoms with Crippen molar-refractivity contribution in [2.75, 3.05) is 32.6 Å². The number of nitrogens with one attached hydrogen (secondary N) is 2. The summed E-state index contributed by atoms with van der Waals surface area (Å²) in [5, 5.41) is 5.47. The molecule has 0 aliphatic heterocycles. The third kappa shape index (κ3) is 6.27. The minimum absolute atomic E-state index is 0.0377. The van der Waals surface area contributed by atoms with Crippen LogP contribution in [0.3, 0.4) is 0 Å². The second-order valence-corrected chi connectivity index (χ2v) is 9.80. The van der Waals surface area contributed by atoms with E-state index in [0.717, 1.165) is 0 Å². The normalized spacial score (nSPS) is 12.4. The number of methoxy groups -OCH3 is 2. The first-order chi connectivity index (χ1) is 16.1. The third-order valence-electron chi connectivity index (χ3n) is 5.36. The summed E-state index contributed by atoms with van der Waals surface area (Å²) >= 11 is 0. The van der Waals surface area contributed by atoms with Crippen LogP contribution in [0.5, 0.6) is 11.5 Å². The van der Waals surface area contributed by atoms with Crippen LogP contribution >= 0.6 is 0 Å². The average molecular weight is 492 g/mol. The Morgan fingerprint density at radius 1 is 0.971 bits per heavy atom. The van der Waals surface area contributed by atoms with Crippen molar-refractivity contribution in [3.8, 4) is 11.5 Å². The summed E-state index contributed by atoms with van der Waals surface area (Å²) in [6.07, 6.45) is 0. The highest BCUT2D eigenvalue weighted by Crippen LogP contribution is 2.29. The molecule has 9 nitrogen and oxygen atoms in total. The Kier molecular flexibility index (Phi) is 9.46. The monoisotopic (exact) mass is 491 g/mol. The van der Waals surface area contributed by atoms with Crippen LogP contribution in [0.25, 0.3) is 0 Å². The van der Waals surface area contributed by atoms with Crippen LogP contribution in [0, 0.1) is 5.92 Å². The number of anilines is 1. The van der Waals surface area contributed by atoms with Crippen molar-refractivity contribution in [2.45, 2.75) is 38.6 Å². The number of sulfonamides is 1. The molecule has 0 aliphatic rings. The van der Waals surface area contributed by atoms with Crippen LogP contribution in [0.2, 0.25) is 0 Å². The quantitative estimate of drug-likeness (QED) is 0.499. The summed E-state index contributed by atoms with van der Waals surface area (Å²) in [5.41, 5.74) is 0.578. The van der Waals surface area contributed by atoms with Crippen LogP contribution in [0.15, 0.2) is 47.4 Å². The van der Waals surface area contributed by atoms with Crippen LogP contribution in [0.4, 0.5) is 5.69 Å². The van der Waals surface area contributed by atoms with Crippen molar-refractivity contribution in [3.63, 3.8) is 0 Å². The van der Waals surface area contributed by atoms with E-state index < -0.39 is 27.9 Å². The fourth-order valence-electron chi connectivity index (χ4n) is 3.37. The standard InChI is InChI=1S/C24H33N3O6S/c1-7-27(8-2)34(30,31)19-13-14-21(33-6)20(15-19)25-24(29)22(16(3)4)26-23(28)17-9-11-18(32-5)12-10-17/h9-16,22H,7-8H2,1-6H3,(H,25,29)(H,26,28). The number of amides is 2. The van der Waals surface area contributed by atoms with Crippen molar-refractivity contribution in [2.24, 2.45) is 5.92 Å². The highest BCUT2D eigenvalue weighted by Gasteiger charge is 2.27. The van der Waals surface area contributed by atoms with Gasteiger partial charge in [-0.1, -0.05) is 27.7 Å². The molecular weight excluding hydrogens is 458 g/mol. The lowest BCUT2D eigenvalue weighted by atomic mass is 10.0. The highest BCUT2D eigenvalue weighted by molar-refractivity contribution is 7.89. The number of hydrogen-bond acceptors (Lipinski definition) is 6. The van der Waals surface area contributed by atoms with Gasteiger partial charge in [-0.15, -0.1) is 0 Å². The summed E-state index contributed by atoms with van der Waals surface area (Å²) in [7, 11) is -0.777. The smallest absolute Gasteiger partial charge is 0.251 e. The maximum atomic E-state index is 13.1. The van der Waals surface area contributed by atoms with E-state index in [1.165, 1.54) is 36.7 Å². The van der Waals surface area contributed by atoms with Gasteiger partial charge in [-0.2, -0.15) is 4.31 Å². The number of hydrogen-bond donors (Lipinski definition) is 2. The Hall–Kier alpha value is -3.11. The van der Waals surface area contributed by atoms with E-state index in [4.69, 9.17) is 9.47 Å². The number of nitrogens with zero attached hydrogens (tertiary/aromatic N) is 1. The average Bonchev–Trinajstić information content (AvgIpc) is 2.82. The van der Waals surface area contributed by atoms with Crippen LogP contribution in [-0.2, 0) is 14.8 Å². The van der Waals surface area contributed by atoms with Gasteiger partial charge in [0.25, 0.3) is 5.91 Å². The van der Waals surface area contributed by atoms with E-state index in [0.29, 0.717) is 30.2 Å². The van der Waals surface area contributed by atoms with Crippen LogP contribution in [-0.4, -0.2) is 57.9 Å². The van der Waals surface area contributed by atoms with Crippen LogP contribution < -0.4 is 20.1 Å². The molecule has 0 saturated carbocycles. The summed E-state index contributed by atoms with van der Waals surface area (Å²) in [6.45, 7) is 7.75. The Morgan fingerprint density at radius 3 is 2.09 bits per heavy atom. The SMILES string of the molecule is CCN(CC)S(=O)(=O)c1ccc(OC)c(NC(=O)C(NC(=O)c2ccc(OC)cc2)C(C)C)c1. The van der Waals surface area contributed by atoms with Gasteiger partial charge in [0, 0.05) is 18.7 Å². The fourth-order valence-corrected chi connectivity index (χ4v) is 4.86. The first kappa shape index (κ1) is 27.1. The maximum Gasteiger partial charge on any atom is 0.251 e. The van der Waals surface area contributed by atoms with E-state index in [1.807, 2.05) is 0 Å². The van der Waals surface area contributed by atoms with E-state index >= 15 is 0 Å². The molecule has 0 fully saturated rings. The van der Waals surface area contributed by atoms with Gasteiger partial charge in [0.1, 0.15) is 17.5 Å². The van der Waals surface area contributed by atoms with Gasteiger partial charge >= 0.3 is 0 Å². The first-order valence-electron chi connectivity index (χ1n) is 11.0. The van der Waals surface area contributed by atoms with E-state index in [2.05, 4.69) is 10.6 Å². The summed E-state index contributed by atoms with van der Waals surface area (Å²) in [5.74, 6) is -0.234. The van der Waals surface area contributed by atoms with E-state index in [-0.39, 0.29) is 16.5 Å². The molecule has 2 aromatic rings. The van der Waals surface area contributed by atoms with Crippen molar-refractivity contribution >= 4 is 27.5 Å². The number of carbonyl (C=O) groups excluding carboxylic acids is 2. The number of ether oxygens (including phenoxy) is 2. The van der Waals surface area contributed by atoms with E-state index in [9.17, 15) is 18.0 Å². The molecule has 2 N–H and O–H groups in total. The lowest BCUT2D eigenvalue weighted by molar-refractivity contribution is -0.118. The summed E-state index contributed by atoms with van der Waals surface area (Å²) < 4.78 is 37.6. The molecule has 34 heavy (non-hydrogen) atoms. The predicted octanol–water partition coefficient (Wildman–Crippen LogP) is 3.13. The van der Waals surface area contributed by atoms with E-state index in [1.54, 1.807) is 52.0 Å². The molecule has 0 aliphatic carbocycles. The van der Waals surface area contributed by atoms with Crippen molar-refractivity contribution in [3.05, 3.63) is 48.0 Å². The summed E-state index contributed by atoms with van der Waals surface area (Å²) in [4.78, 5) is 25.9. The molecule has 186 valence electrons. The molecule has 2 rings (SSSR count). The molecule has 2 amide bonds. The Labute approximate surface area is 201 Å². The first-order valence-corrected chi connectivity index (χ1v) is 12.5. The predicted molar refractivity (Wildman–Crippen MR) is 131 cm³/mol. The lowest BCUT2D eigenvalue weighted by Gasteiger charge is -2.23. The molecule has 1 unspecified atom stereocenters. The van der Waals surface area contributed by atoms with Gasteiger partial charge in [-0.25, -0.2) is 8.42 Å². The lowest BCUT2D eigenvalue weighted by Crippen LogP contribution is -2.47. The molecular formula is C24H33N3O6S. The van der Waals surface area contributed by atoms with Crippen molar-refractivity contribution in [1.82, 2.24) is 9.62 Å². The zero-order valence-electron chi connectivity index (χ0n) is 20.4. The number of carbonyl (C=O) groups is 2. The molecule has 0 heterocycles. The second-order valence-electron chi connectivity index (χ2n) is 7.86. The molecule has 0 spiro atoms. The third-order valence-corrected chi connectivity index (χ3v) is 7.41. The summed E-state index contributed by atoms with van der Waals surface area (Å²) in [6, 6.07) is 9.95.